The molecule has 156 valence electrons. The van der Waals surface area contributed by atoms with E-state index in [0.29, 0.717) is 10.0 Å². The van der Waals surface area contributed by atoms with Gasteiger partial charge >= 0.3 is 0 Å². The topological polar surface area (TPSA) is 85.2 Å². The molecule has 0 aliphatic carbocycles. The zero-order chi connectivity index (χ0) is 21.7. The number of fused-ring (bicyclic) bond motifs is 1. The van der Waals surface area contributed by atoms with E-state index in [1.807, 2.05) is 35.2 Å². The molecule has 3 rings (SSSR count). The second-order valence-corrected chi connectivity index (χ2v) is 8.35. The van der Waals surface area contributed by atoms with Crippen LogP contribution in [0.25, 0.3) is 10.8 Å². The molecule has 0 saturated carbocycles. The molecule has 0 atom stereocenters. The van der Waals surface area contributed by atoms with Crippen LogP contribution >= 0.6 is 31.9 Å². The van der Waals surface area contributed by atoms with Crippen LogP contribution in [0.15, 0.2) is 62.6 Å². The molecule has 0 bridgehead atoms. The van der Waals surface area contributed by atoms with Gasteiger partial charge in [0.25, 0.3) is 5.91 Å². The number of hydrazone groups is 1. The standard InChI is InChI=1S/C22H21Br2N3O3/c1-2-9-27(17-8-7-14-5-3-4-6-15(14)10-17)13-19(28)26-25-12-16-11-18(23)22(30)20(24)21(16)29/h3-8,10-12,29-30H,2,9,13H2,1H3,(H,26,28)/b25-12+. The number of rotatable bonds is 7. The number of anilines is 1. The average Bonchev–Trinajstić information content (AvgIpc) is 2.75. The summed E-state index contributed by atoms with van der Waals surface area (Å²) in [4.78, 5) is 14.4. The van der Waals surface area contributed by atoms with Crippen LogP contribution in [0.5, 0.6) is 11.5 Å². The number of carbonyl (C=O) groups is 1. The zero-order valence-electron chi connectivity index (χ0n) is 16.3. The summed E-state index contributed by atoms with van der Waals surface area (Å²) in [5, 5.41) is 26.1. The summed E-state index contributed by atoms with van der Waals surface area (Å²) in [5.74, 6) is -0.555. The summed E-state index contributed by atoms with van der Waals surface area (Å²) >= 11 is 6.31. The lowest BCUT2D eigenvalue weighted by atomic mass is 10.1. The van der Waals surface area contributed by atoms with Gasteiger partial charge in [-0.3, -0.25) is 4.79 Å². The molecule has 8 heteroatoms. The van der Waals surface area contributed by atoms with Crippen LogP contribution in [0.4, 0.5) is 5.69 Å². The van der Waals surface area contributed by atoms with E-state index in [0.717, 1.165) is 29.4 Å². The van der Waals surface area contributed by atoms with E-state index < -0.39 is 0 Å². The molecule has 3 aromatic rings. The monoisotopic (exact) mass is 533 g/mol. The number of nitrogens with zero attached hydrogens (tertiary/aromatic N) is 2. The van der Waals surface area contributed by atoms with Crippen molar-refractivity contribution in [1.82, 2.24) is 5.43 Å². The average molecular weight is 535 g/mol. The lowest BCUT2D eigenvalue weighted by molar-refractivity contribution is -0.119. The van der Waals surface area contributed by atoms with E-state index in [9.17, 15) is 15.0 Å². The van der Waals surface area contributed by atoms with Crippen LogP contribution in [0, 0.1) is 0 Å². The predicted molar refractivity (Wildman–Crippen MR) is 127 cm³/mol. The molecule has 0 saturated heterocycles. The fraction of sp³-hybridized carbons (Fsp3) is 0.182. The van der Waals surface area contributed by atoms with Gasteiger partial charge in [-0.1, -0.05) is 37.3 Å². The summed E-state index contributed by atoms with van der Waals surface area (Å²) in [5.41, 5.74) is 3.80. The molecular weight excluding hydrogens is 514 g/mol. The van der Waals surface area contributed by atoms with Crippen molar-refractivity contribution in [2.45, 2.75) is 13.3 Å². The molecule has 0 aliphatic heterocycles. The van der Waals surface area contributed by atoms with E-state index in [1.54, 1.807) is 0 Å². The summed E-state index contributed by atoms with van der Waals surface area (Å²) in [7, 11) is 0. The van der Waals surface area contributed by atoms with Crippen molar-refractivity contribution in [2.24, 2.45) is 5.10 Å². The second-order valence-electron chi connectivity index (χ2n) is 6.71. The Morgan fingerprint density at radius 3 is 2.57 bits per heavy atom. The zero-order valence-corrected chi connectivity index (χ0v) is 19.4. The van der Waals surface area contributed by atoms with Crippen molar-refractivity contribution in [3.63, 3.8) is 0 Å². The molecule has 0 unspecified atom stereocenters. The van der Waals surface area contributed by atoms with Crippen molar-refractivity contribution >= 4 is 60.4 Å². The normalized spacial score (nSPS) is 11.2. The van der Waals surface area contributed by atoms with Crippen LogP contribution < -0.4 is 10.3 Å². The molecule has 0 heterocycles. The number of phenols is 2. The Hall–Kier alpha value is -2.58. The number of amides is 1. The summed E-state index contributed by atoms with van der Waals surface area (Å²) in [6.45, 7) is 2.94. The van der Waals surface area contributed by atoms with Crippen molar-refractivity contribution < 1.29 is 15.0 Å². The van der Waals surface area contributed by atoms with Gasteiger partial charge in [-0.05, 0) is 67.3 Å². The van der Waals surface area contributed by atoms with Crippen LogP contribution in [-0.2, 0) is 4.79 Å². The minimum Gasteiger partial charge on any atom is -0.506 e. The van der Waals surface area contributed by atoms with Crippen molar-refractivity contribution in [3.8, 4) is 11.5 Å². The maximum Gasteiger partial charge on any atom is 0.259 e. The molecule has 0 aliphatic rings. The fourth-order valence-corrected chi connectivity index (χ4v) is 4.19. The molecule has 0 aromatic heterocycles. The molecule has 3 aromatic carbocycles. The molecule has 1 amide bonds. The summed E-state index contributed by atoms with van der Waals surface area (Å²) < 4.78 is 0.542. The predicted octanol–water partition coefficient (Wildman–Crippen LogP) is 5.14. The lowest BCUT2D eigenvalue weighted by Crippen LogP contribution is -2.35. The van der Waals surface area contributed by atoms with Gasteiger partial charge < -0.3 is 15.1 Å². The highest BCUT2D eigenvalue weighted by Gasteiger charge is 2.14. The molecule has 0 radical (unpaired) electrons. The SMILES string of the molecule is CCCN(CC(=O)N/N=C/c1cc(Br)c(O)c(Br)c1O)c1ccc2ccccc2c1. The number of benzene rings is 3. The summed E-state index contributed by atoms with van der Waals surface area (Å²) in [6, 6.07) is 15.7. The van der Waals surface area contributed by atoms with Gasteiger partial charge in [0.1, 0.15) is 16.0 Å². The Balaban J connectivity index is 1.70. The molecule has 30 heavy (non-hydrogen) atoms. The number of nitrogens with one attached hydrogen (secondary N) is 1. The third-order valence-electron chi connectivity index (χ3n) is 4.52. The van der Waals surface area contributed by atoms with Gasteiger partial charge in [0.15, 0.2) is 0 Å². The first-order valence-corrected chi connectivity index (χ1v) is 10.9. The Morgan fingerprint density at radius 2 is 1.83 bits per heavy atom. The summed E-state index contributed by atoms with van der Waals surface area (Å²) in [6.07, 6.45) is 2.22. The molecule has 0 fully saturated rings. The second kappa shape index (κ2) is 9.95. The van der Waals surface area contributed by atoms with Gasteiger partial charge in [-0.15, -0.1) is 0 Å². The highest BCUT2D eigenvalue weighted by molar-refractivity contribution is 9.11. The first-order chi connectivity index (χ1) is 14.4. The van der Waals surface area contributed by atoms with E-state index >= 15 is 0 Å². The van der Waals surface area contributed by atoms with Crippen LogP contribution in [0.2, 0.25) is 0 Å². The van der Waals surface area contributed by atoms with Gasteiger partial charge in [0.05, 0.1) is 17.2 Å². The maximum atomic E-state index is 12.4. The largest absolute Gasteiger partial charge is 0.506 e. The Morgan fingerprint density at radius 1 is 1.10 bits per heavy atom. The van der Waals surface area contributed by atoms with Gasteiger partial charge in [-0.2, -0.15) is 5.10 Å². The third kappa shape index (κ3) is 5.12. The van der Waals surface area contributed by atoms with E-state index in [2.05, 4.69) is 61.4 Å². The van der Waals surface area contributed by atoms with Gasteiger partial charge in [-0.25, -0.2) is 5.43 Å². The lowest BCUT2D eigenvalue weighted by Gasteiger charge is -2.23. The first-order valence-electron chi connectivity index (χ1n) is 9.36. The minimum absolute atomic E-state index is 0.112. The third-order valence-corrected chi connectivity index (χ3v) is 5.87. The Bertz CT molecular complexity index is 1100. The Labute approximate surface area is 191 Å². The first kappa shape index (κ1) is 22.1. The van der Waals surface area contributed by atoms with Crippen molar-refractivity contribution in [1.29, 1.82) is 0 Å². The number of aromatic hydroxyl groups is 2. The quantitative estimate of drug-likeness (QED) is 0.289. The Kier molecular flexibility index (Phi) is 7.33. The fourth-order valence-electron chi connectivity index (χ4n) is 3.04. The van der Waals surface area contributed by atoms with E-state index in [4.69, 9.17) is 0 Å². The van der Waals surface area contributed by atoms with E-state index in [1.165, 1.54) is 12.3 Å². The molecule has 3 N–H and O–H groups in total. The minimum atomic E-state index is -0.274. The number of carbonyl (C=O) groups excluding carboxylic acids is 1. The molecule has 0 spiro atoms. The van der Waals surface area contributed by atoms with Crippen molar-refractivity contribution in [2.75, 3.05) is 18.0 Å². The van der Waals surface area contributed by atoms with Gasteiger partial charge in [0, 0.05) is 17.8 Å². The maximum absolute atomic E-state index is 12.4. The van der Waals surface area contributed by atoms with Gasteiger partial charge in [0.2, 0.25) is 0 Å². The van der Waals surface area contributed by atoms with Crippen molar-refractivity contribution in [3.05, 3.63) is 63.0 Å². The highest BCUT2D eigenvalue weighted by atomic mass is 79.9. The number of hydrogen-bond donors (Lipinski definition) is 3. The smallest absolute Gasteiger partial charge is 0.259 e. The van der Waals surface area contributed by atoms with E-state index in [-0.39, 0.29) is 28.4 Å². The van der Waals surface area contributed by atoms with Crippen LogP contribution in [-0.4, -0.2) is 35.4 Å². The molecule has 6 nitrogen and oxygen atoms in total. The number of phenolic OH excluding ortho intramolecular Hbond substituents is 2. The number of hydrogen-bond acceptors (Lipinski definition) is 5. The molecular formula is C22H21Br2N3O3. The van der Waals surface area contributed by atoms with Crippen LogP contribution in [0.3, 0.4) is 0 Å². The van der Waals surface area contributed by atoms with Crippen LogP contribution in [0.1, 0.15) is 18.9 Å². The number of halogens is 2. The highest BCUT2D eigenvalue weighted by Crippen LogP contribution is 2.40.